The Morgan fingerprint density at radius 1 is 1.80 bits per heavy atom. The first-order valence-corrected chi connectivity index (χ1v) is 4.24. The van der Waals surface area contributed by atoms with Gasteiger partial charge in [-0.25, -0.2) is 0 Å². The predicted molar refractivity (Wildman–Crippen MR) is 43.0 cm³/mol. The van der Waals surface area contributed by atoms with Gasteiger partial charge in [-0.1, -0.05) is 11.8 Å². The number of rotatable bonds is 2. The van der Waals surface area contributed by atoms with Gasteiger partial charge < -0.3 is 4.98 Å². The van der Waals surface area contributed by atoms with E-state index in [1.807, 2.05) is 18.3 Å². The van der Waals surface area contributed by atoms with Gasteiger partial charge in [0.25, 0.3) is 0 Å². The van der Waals surface area contributed by atoms with E-state index in [2.05, 4.69) is 4.98 Å². The molecule has 0 aliphatic heterocycles. The molecule has 0 atom stereocenters. The number of carbonyl (C=O) groups is 1. The first-order valence-electron chi connectivity index (χ1n) is 3.02. The molecular weight excluding hydrogens is 146 g/mol. The Morgan fingerprint density at radius 2 is 2.60 bits per heavy atom. The molecule has 1 heterocycles. The van der Waals surface area contributed by atoms with Gasteiger partial charge in [0.05, 0.1) is 6.42 Å². The molecule has 3 heteroatoms. The summed E-state index contributed by atoms with van der Waals surface area (Å²) in [7, 11) is 0. The summed E-state index contributed by atoms with van der Waals surface area (Å²) in [6.45, 7) is 0. The molecule has 1 rings (SSSR count). The summed E-state index contributed by atoms with van der Waals surface area (Å²) in [5.74, 6) is 0. The molecule has 0 aliphatic rings. The third kappa shape index (κ3) is 1.92. The molecule has 0 aliphatic carbocycles. The molecule has 2 nitrogen and oxygen atoms in total. The van der Waals surface area contributed by atoms with Crippen molar-refractivity contribution in [2.24, 2.45) is 0 Å². The van der Waals surface area contributed by atoms with Crippen molar-refractivity contribution in [3.63, 3.8) is 0 Å². The van der Waals surface area contributed by atoms with Gasteiger partial charge in [-0.15, -0.1) is 0 Å². The Balaban J connectivity index is 2.48. The molecule has 0 bridgehead atoms. The number of hydrogen-bond acceptors (Lipinski definition) is 2. The first-order chi connectivity index (χ1) is 4.83. The minimum Gasteiger partial charge on any atom is -0.365 e. The van der Waals surface area contributed by atoms with Crippen LogP contribution in [0.2, 0.25) is 0 Å². The predicted octanol–water partition coefficient (Wildman–Crippen LogP) is 1.45. The number of thioether (sulfide) groups is 1. The van der Waals surface area contributed by atoms with Gasteiger partial charge in [0.2, 0.25) is 0 Å². The van der Waals surface area contributed by atoms with Crippen LogP contribution in [-0.4, -0.2) is 16.4 Å². The van der Waals surface area contributed by atoms with E-state index in [1.54, 1.807) is 6.26 Å². The van der Waals surface area contributed by atoms with Crippen LogP contribution in [0.1, 0.15) is 5.69 Å². The normalized spacial score (nSPS) is 9.70. The maximum absolute atomic E-state index is 10.8. The number of aromatic nitrogens is 1. The smallest absolute Gasteiger partial charge is 0.194 e. The summed E-state index contributed by atoms with van der Waals surface area (Å²) in [4.78, 5) is 13.8. The van der Waals surface area contributed by atoms with E-state index in [0.29, 0.717) is 6.42 Å². The quantitative estimate of drug-likeness (QED) is 0.701. The Hall–Kier alpha value is -0.700. The Labute approximate surface area is 64.0 Å². The fourth-order valence-electron chi connectivity index (χ4n) is 0.705. The van der Waals surface area contributed by atoms with Gasteiger partial charge in [-0.3, -0.25) is 4.79 Å². The van der Waals surface area contributed by atoms with E-state index in [1.165, 1.54) is 11.8 Å². The molecular formula is C7H9NOS. The van der Waals surface area contributed by atoms with Gasteiger partial charge in [-0.2, -0.15) is 0 Å². The summed E-state index contributed by atoms with van der Waals surface area (Å²) in [6, 6.07) is 3.80. The van der Waals surface area contributed by atoms with Crippen molar-refractivity contribution in [3.8, 4) is 0 Å². The molecule has 0 radical (unpaired) electrons. The summed E-state index contributed by atoms with van der Waals surface area (Å²) in [6.07, 6.45) is 4.13. The Bertz CT molecular complexity index is 205. The molecule has 1 aromatic rings. The number of carbonyl (C=O) groups excluding carboxylic acids is 1. The summed E-state index contributed by atoms with van der Waals surface area (Å²) >= 11 is 1.26. The van der Waals surface area contributed by atoms with E-state index in [4.69, 9.17) is 0 Å². The summed E-state index contributed by atoms with van der Waals surface area (Å²) in [5.41, 5.74) is 0.986. The molecule has 0 saturated heterocycles. The van der Waals surface area contributed by atoms with Crippen LogP contribution in [0.25, 0.3) is 0 Å². The molecule has 54 valence electrons. The van der Waals surface area contributed by atoms with Crippen LogP contribution < -0.4 is 0 Å². The van der Waals surface area contributed by atoms with E-state index in [0.717, 1.165) is 5.69 Å². The van der Waals surface area contributed by atoms with Crippen molar-refractivity contribution in [3.05, 3.63) is 24.0 Å². The average molecular weight is 155 g/mol. The van der Waals surface area contributed by atoms with Gasteiger partial charge in [-0.05, 0) is 18.4 Å². The molecule has 10 heavy (non-hydrogen) atoms. The molecule has 0 aromatic carbocycles. The van der Waals surface area contributed by atoms with E-state index >= 15 is 0 Å². The number of H-pyrrole nitrogens is 1. The molecule has 0 saturated carbocycles. The lowest BCUT2D eigenvalue weighted by molar-refractivity contribution is -0.110. The number of nitrogens with one attached hydrogen (secondary N) is 1. The second-order valence-electron chi connectivity index (χ2n) is 1.95. The summed E-state index contributed by atoms with van der Waals surface area (Å²) < 4.78 is 0. The zero-order chi connectivity index (χ0) is 7.40. The number of hydrogen-bond donors (Lipinski definition) is 1. The highest BCUT2D eigenvalue weighted by molar-refractivity contribution is 8.13. The topological polar surface area (TPSA) is 32.9 Å². The molecule has 0 amide bonds. The SMILES string of the molecule is CSC(=O)Cc1ccc[nH]1. The fraction of sp³-hybridized carbons (Fsp3) is 0.286. The minimum absolute atomic E-state index is 0.197. The van der Waals surface area contributed by atoms with Crippen molar-refractivity contribution in [2.45, 2.75) is 6.42 Å². The second kappa shape index (κ2) is 3.46. The highest BCUT2D eigenvalue weighted by atomic mass is 32.2. The zero-order valence-electron chi connectivity index (χ0n) is 5.76. The van der Waals surface area contributed by atoms with Crippen LogP contribution in [0, 0.1) is 0 Å². The summed E-state index contributed by atoms with van der Waals surface area (Å²) in [5, 5.41) is 0.197. The molecule has 0 unspecified atom stereocenters. The fourth-order valence-corrected chi connectivity index (χ4v) is 1.00. The molecule has 0 spiro atoms. The third-order valence-electron chi connectivity index (χ3n) is 1.22. The lowest BCUT2D eigenvalue weighted by Gasteiger charge is -1.91. The minimum atomic E-state index is 0.197. The standard InChI is InChI=1S/C7H9NOS/c1-10-7(9)5-6-3-2-4-8-6/h2-4,8H,5H2,1H3. The van der Waals surface area contributed by atoms with Crippen LogP contribution in [0.3, 0.4) is 0 Å². The third-order valence-corrected chi connectivity index (χ3v) is 1.82. The van der Waals surface area contributed by atoms with Crippen molar-refractivity contribution in [1.82, 2.24) is 4.98 Å². The van der Waals surface area contributed by atoms with Crippen LogP contribution >= 0.6 is 11.8 Å². The Morgan fingerprint density at radius 3 is 3.10 bits per heavy atom. The second-order valence-corrected chi connectivity index (χ2v) is 2.81. The van der Waals surface area contributed by atoms with Gasteiger partial charge in [0.1, 0.15) is 0 Å². The van der Waals surface area contributed by atoms with Gasteiger partial charge in [0, 0.05) is 11.9 Å². The van der Waals surface area contributed by atoms with E-state index in [9.17, 15) is 4.79 Å². The van der Waals surface area contributed by atoms with Crippen LogP contribution in [-0.2, 0) is 11.2 Å². The molecule has 1 aromatic heterocycles. The Kier molecular flexibility index (Phi) is 2.57. The van der Waals surface area contributed by atoms with E-state index < -0.39 is 0 Å². The van der Waals surface area contributed by atoms with Crippen molar-refractivity contribution in [2.75, 3.05) is 6.26 Å². The lowest BCUT2D eigenvalue weighted by Crippen LogP contribution is -1.95. The maximum Gasteiger partial charge on any atom is 0.194 e. The highest BCUT2D eigenvalue weighted by Crippen LogP contribution is 2.02. The van der Waals surface area contributed by atoms with Crippen molar-refractivity contribution in [1.29, 1.82) is 0 Å². The zero-order valence-corrected chi connectivity index (χ0v) is 6.57. The highest BCUT2D eigenvalue weighted by Gasteiger charge is 1.99. The number of aromatic amines is 1. The van der Waals surface area contributed by atoms with Crippen LogP contribution in [0.4, 0.5) is 0 Å². The van der Waals surface area contributed by atoms with E-state index in [-0.39, 0.29) is 5.12 Å². The molecule has 1 N–H and O–H groups in total. The maximum atomic E-state index is 10.8. The largest absolute Gasteiger partial charge is 0.365 e. The lowest BCUT2D eigenvalue weighted by atomic mass is 10.3. The van der Waals surface area contributed by atoms with Gasteiger partial charge >= 0.3 is 0 Å². The average Bonchev–Trinajstić information content (AvgIpc) is 2.40. The van der Waals surface area contributed by atoms with Gasteiger partial charge in [0.15, 0.2) is 5.12 Å². The molecule has 0 fully saturated rings. The van der Waals surface area contributed by atoms with Crippen molar-refractivity contribution >= 4 is 16.9 Å². The van der Waals surface area contributed by atoms with Crippen molar-refractivity contribution < 1.29 is 4.79 Å². The monoisotopic (exact) mass is 155 g/mol. The van der Waals surface area contributed by atoms with Crippen LogP contribution in [0.5, 0.6) is 0 Å². The first kappa shape index (κ1) is 7.41. The van der Waals surface area contributed by atoms with Crippen LogP contribution in [0.15, 0.2) is 18.3 Å².